The summed E-state index contributed by atoms with van der Waals surface area (Å²) in [5.41, 5.74) is 12.1. The highest BCUT2D eigenvalue weighted by Crippen LogP contribution is 2.14. The molecule has 0 aliphatic heterocycles. The van der Waals surface area contributed by atoms with Crippen molar-refractivity contribution in [3.63, 3.8) is 0 Å². The highest BCUT2D eigenvalue weighted by Gasteiger charge is 2.12. The second kappa shape index (κ2) is 5.79. The molecule has 1 aromatic heterocycles. The van der Waals surface area contributed by atoms with Gasteiger partial charge in [0.15, 0.2) is 5.69 Å². The molecule has 2 rings (SSSR count). The van der Waals surface area contributed by atoms with Crippen LogP contribution in [0.1, 0.15) is 20.8 Å². The summed E-state index contributed by atoms with van der Waals surface area (Å²) in [7, 11) is 0. The molecule has 2 aromatic rings. The van der Waals surface area contributed by atoms with Crippen molar-refractivity contribution in [3.8, 4) is 18.0 Å². The van der Waals surface area contributed by atoms with Crippen LogP contribution >= 0.6 is 0 Å². The molecule has 21 heavy (non-hydrogen) atoms. The summed E-state index contributed by atoms with van der Waals surface area (Å²) < 4.78 is 1.42. The van der Waals surface area contributed by atoms with E-state index in [1.165, 1.54) is 10.9 Å². The van der Waals surface area contributed by atoms with Crippen molar-refractivity contribution >= 4 is 17.5 Å². The fourth-order valence-electron chi connectivity index (χ4n) is 1.71. The molecular weight excluding hydrogens is 270 g/mol. The van der Waals surface area contributed by atoms with Crippen LogP contribution in [0.4, 0.5) is 5.69 Å². The number of rotatable bonds is 4. The smallest absolute Gasteiger partial charge is 0.271 e. The number of nitrogens with two attached hydrogens (primary N) is 2. The molecule has 2 amide bonds. The number of amides is 2. The van der Waals surface area contributed by atoms with Gasteiger partial charge in [-0.2, -0.15) is 5.10 Å². The van der Waals surface area contributed by atoms with Crippen LogP contribution in [0.3, 0.4) is 0 Å². The summed E-state index contributed by atoms with van der Waals surface area (Å²) in [6, 6.07) is 6.57. The first-order valence-electron chi connectivity index (χ1n) is 6.00. The Hall–Kier alpha value is -3.27. The Morgan fingerprint density at radius 1 is 1.33 bits per heavy atom. The van der Waals surface area contributed by atoms with Crippen molar-refractivity contribution in [1.82, 2.24) is 15.1 Å². The molecule has 0 unspecified atom stereocenters. The van der Waals surface area contributed by atoms with Crippen LogP contribution in [0.25, 0.3) is 5.69 Å². The van der Waals surface area contributed by atoms with E-state index < -0.39 is 5.91 Å². The Labute approximate surface area is 120 Å². The van der Waals surface area contributed by atoms with Crippen LogP contribution in [0.15, 0.2) is 30.5 Å². The van der Waals surface area contributed by atoms with E-state index in [9.17, 15) is 9.59 Å². The standard InChI is InChI=1S/C14H13N5O2/c1-2-7-17-14(21)9-3-5-10(6-4-9)19-8-11(15)12(18-19)13(16)20/h1,3-6,8H,7,15H2,(H2,16,20)(H,17,21). The third kappa shape index (κ3) is 3.01. The minimum Gasteiger partial charge on any atom is -0.396 e. The molecule has 1 heterocycles. The molecule has 0 aliphatic carbocycles. The van der Waals surface area contributed by atoms with Crippen molar-refractivity contribution in [2.75, 3.05) is 12.3 Å². The summed E-state index contributed by atoms with van der Waals surface area (Å²) >= 11 is 0. The third-order valence-electron chi connectivity index (χ3n) is 2.72. The molecule has 0 fully saturated rings. The number of aromatic nitrogens is 2. The summed E-state index contributed by atoms with van der Waals surface area (Å²) in [6.07, 6.45) is 6.55. The number of nitrogens with zero attached hydrogens (tertiary/aromatic N) is 2. The Morgan fingerprint density at radius 3 is 2.52 bits per heavy atom. The average molecular weight is 283 g/mol. The number of hydrogen-bond donors (Lipinski definition) is 3. The van der Waals surface area contributed by atoms with Gasteiger partial charge in [0, 0.05) is 5.56 Å². The van der Waals surface area contributed by atoms with Gasteiger partial charge in [0.05, 0.1) is 24.1 Å². The summed E-state index contributed by atoms with van der Waals surface area (Å²) in [5.74, 6) is 1.36. The maximum atomic E-state index is 11.7. The first kappa shape index (κ1) is 14.1. The van der Waals surface area contributed by atoms with E-state index in [-0.39, 0.29) is 23.8 Å². The van der Waals surface area contributed by atoms with E-state index in [4.69, 9.17) is 17.9 Å². The number of nitrogens with one attached hydrogen (secondary N) is 1. The predicted octanol–water partition coefficient (Wildman–Crippen LogP) is -0.0836. The van der Waals surface area contributed by atoms with Crippen molar-refractivity contribution in [1.29, 1.82) is 0 Å². The monoisotopic (exact) mass is 283 g/mol. The molecule has 0 atom stereocenters. The lowest BCUT2D eigenvalue weighted by Gasteiger charge is -2.04. The zero-order valence-corrected chi connectivity index (χ0v) is 11.0. The quantitative estimate of drug-likeness (QED) is 0.680. The molecule has 7 heteroatoms. The lowest BCUT2D eigenvalue weighted by atomic mass is 10.2. The maximum absolute atomic E-state index is 11.7. The molecule has 0 aliphatic rings. The van der Waals surface area contributed by atoms with Gasteiger partial charge in [-0.3, -0.25) is 9.59 Å². The van der Waals surface area contributed by atoms with E-state index >= 15 is 0 Å². The first-order chi connectivity index (χ1) is 10.0. The van der Waals surface area contributed by atoms with Crippen LogP contribution in [0.5, 0.6) is 0 Å². The minimum absolute atomic E-state index is 0.00541. The molecule has 7 nitrogen and oxygen atoms in total. The van der Waals surface area contributed by atoms with Crippen molar-refractivity contribution in [2.45, 2.75) is 0 Å². The van der Waals surface area contributed by atoms with Crippen LogP contribution in [0, 0.1) is 12.3 Å². The van der Waals surface area contributed by atoms with Crippen LogP contribution in [-0.2, 0) is 0 Å². The summed E-state index contributed by atoms with van der Waals surface area (Å²) in [6.45, 7) is 0.165. The van der Waals surface area contributed by atoms with E-state index in [2.05, 4.69) is 16.3 Å². The number of hydrogen-bond acceptors (Lipinski definition) is 4. The van der Waals surface area contributed by atoms with Gasteiger partial charge < -0.3 is 16.8 Å². The Morgan fingerprint density at radius 2 is 2.00 bits per heavy atom. The highest BCUT2D eigenvalue weighted by atomic mass is 16.2. The van der Waals surface area contributed by atoms with Gasteiger partial charge in [-0.05, 0) is 24.3 Å². The van der Waals surface area contributed by atoms with Crippen LogP contribution < -0.4 is 16.8 Å². The van der Waals surface area contributed by atoms with Crippen molar-refractivity contribution in [3.05, 3.63) is 41.7 Å². The number of anilines is 1. The van der Waals surface area contributed by atoms with E-state index in [1.807, 2.05) is 0 Å². The molecule has 5 N–H and O–H groups in total. The van der Waals surface area contributed by atoms with Gasteiger partial charge >= 0.3 is 0 Å². The van der Waals surface area contributed by atoms with Crippen molar-refractivity contribution in [2.24, 2.45) is 5.73 Å². The first-order valence-corrected chi connectivity index (χ1v) is 6.00. The lowest BCUT2D eigenvalue weighted by Crippen LogP contribution is -2.23. The lowest BCUT2D eigenvalue weighted by molar-refractivity contribution is 0.0957. The van der Waals surface area contributed by atoms with Crippen LogP contribution in [0.2, 0.25) is 0 Å². The molecule has 0 radical (unpaired) electrons. The minimum atomic E-state index is -0.698. The predicted molar refractivity (Wildman–Crippen MR) is 77.7 cm³/mol. The topological polar surface area (TPSA) is 116 Å². The number of nitrogen functional groups attached to an aromatic ring is 1. The van der Waals surface area contributed by atoms with E-state index in [0.29, 0.717) is 11.3 Å². The van der Waals surface area contributed by atoms with Gasteiger partial charge in [-0.1, -0.05) is 5.92 Å². The molecule has 0 saturated heterocycles. The number of terminal acetylenes is 1. The summed E-state index contributed by atoms with van der Waals surface area (Å²) in [5, 5.41) is 6.55. The highest BCUT2D eigenvalue weighted by molar-refractivity contribution is 5.96. The van der Waals surface area contributed by atoms with Gasteiger partial charge in [0.2, 0.25) is 0 Å². The summed E-state index contributed by atoms with van der Waals surface area (Å²) in [4.78, 5) is 22.8. The molecule has 1 aromatic carbocycles. The Bertz CT molecular complexity index is 725. The SMILES string of the molecule is C#CCNC(=O)c1ccc(-n2cc(N)c(C(N)=O)n2)cc1. The van der Waals surface area contributed by atoms with Gasteiger partial charge in [0.1, 0.15) is 0 Å². The van der Waals surface area contributed by atoms with Gasteiger partial charge in [-0.25, -0.2) is 4.68 Å². The Balaban J connectivity index is 2.23. The molecule has 0 bridgehead atoms. The molecular formula is C14H13N5O2. The molecule has 0 spiro atoms. The van der Waals surface area contributed by atoms with E-state index in [0.717, 1.165) is 0 Å². The Kier molecular flexibility index (Phi) is 3.90. The van der Waals surface area contributed by atoms with Gasteiger partial charge in [0.25, 0.3) is 11.8 Å². The normalized spacial score (nSPS) is 9.86. The second-order valence-corrected chi connectivity index (χ2v) is 4.18. The number of primary amides is 1. The van der Waals surface area contributed by atoms with E-state index in [1.54, 1.807) is 24.3 Å². The molecule has 0 saturated carbocycles. The fraction of sp³-hybridized carbons (Fsp3) is 0.0714. The molecule has 106 valence electrons. The maximum Gasteiger partial charge on any atom is 0.271 e. The number of benzene rings is 1. The van der Waals surface area contributed by atoms with Crippen molar-refractivity contribution < 1.29 is 9.59 Å². The van der Waals surface area contributed by atoms with Crippen LogP contribution in [-0.4, -0.2) is 28.1 Å². The number of carbonyl (C=O) groups is 2. The largest absolute Gasteiger partial charge is 0.396 e. The third-order valence-corrected chi connectivity index (χ3v) is 2.72. The second-order valence-electron chi connectivity index (χ2n) is 4.18. The zero-order valence-electron chi connectivity index (χ0n) is 11.0. The number of carbonyl (C=O) groups excluding carboxylic acids is 2. The fourth-order valence-corrected chi connectivity index (χ4v) is 1.71. The average Bonchev–Trinajstić information content (AvgIpc) is 2.87. The zero-order chi connectivity index (χ0) is 15.4. The van der Waals surface area contributed by atoms with Gasteiger partial charge in [-0.15, -0.1) is 6.42 Å².